The van der Waals surface area contributed by atoms with Crippen molar-refractivity contribution in [2.45, 2.75) is 76.5 Å². The van der Waals surface area contributed by atoms with Gasteiger partial charge >= 0.3 is 0 Å². The predicted molar refractivity (Wildman–Crippen MR) is 127 cm³/mol. The third-order valence-corrected chi connectivity index (χ3v) is 8.42. The third kappa shape index (κ3) is 5.32. The van der Waals surface area contributed by atoms with Crippen LogP contribution in [0.2, 0.25) is 10.0 Å². The molecule has 1 heterocycles. The van der Waals surface area contributed by atoms with E-state index in [0.717, 1.165) is 69.0 Å². The molecule has 1 aromatic carbocycles. The molecule has 1 aromatic rings. The molecule has 0 aromatic heterocycles. The summed E-state index contributed by atoms with van der Waals surface area (Å²) in [4.78, 5) is 17.0. The zero-order valence-corrected chi connectivity index (χ0v) is 20.2. The maximum atomic E-state index is 12.0. The van der Waals surface area contributed by atoms with Crippen LogP contribution in [0.1, 0.15) is 57.4 Å². The van der Waals surface area contributed by atoms with Crippen LogP contribution in [0.3, 0.4) is 0 Å². The quantitative estimate of drug-likeness (QED) is 0.650. The van der Waals surface area contributed by atoms with Crippen molar-refractivity contribution in [3.8, 4) is 0 Å². The molecule has 3 fully saturated rings. The van der Waals surface area contributed by atoms with Crippen molar-refractivity contribution in [2.75, 3.05) is 31.1 Å². The fourth-order valence-electron chi connectivity index (χ4n) is 5.08. The summed E-state index contributed by atoms with van der Waals surface area (Å²) in [6, 6.07) is 4.77. The highest BCUT2D eigenvalue weighted by molar-refractivity contribution is 6.44. The van der Waals surface area contributed by atoms with Gasteiger partial charge in [-0.15, -0.1) is 0 Å². The Labute approximate surface area is 196 Å². The summed E-state index contributed by atoms with van der Waals surface area (Å²) in [6.45, 7) is 8.40. The molecule has 172 valence electrons. The van der Waals surface area contributed by atoms with Gasteiger partial charge in [0.05, 0.1) is 15.7 Å². The van der Waals surface area contributed by atoms with Gasteiger partial charge in [0.1, 0.15) is 5.60 Å². The van der Waals surface area contributed by atoms with Crippen LogP contribution in [0, 0.1) is 12.8 Å². The Bertz CT molecular complexity index is 806. The number of piperazine rings is 1. The zero-order chi connectivity index (χ0) is 22.2. The van der Waals surface area contributed by atoms with E-state index < -0.39 is 5.60 Å². The predicted octanol–water partition coefficient (Wildman–Crippen LogP) is 4.40. The maximum Gasteiger partial charge on any atom is 0.252 e. The number of amides is 1. The highest BCUT2D eigenvalue weighted by Gasteiger charge is 2.48. The topological polar surface area (TPSA) is 55.8 Å². The molecule has 7 heteroatoms. The van der Waals surface area contributed by atoms with E-state index in [4.69, 9.17) is 23.2 Å². The lowest BCUT2D eigenvalue weighted by Crippen LogP contribution is -2.52. The minimum atomic E-state index is -1.05. The van der Waals surface area contributed by atoms with Crippen LogP contribution >= 0.6 is 23.2 Å². The third-order valence-electron chi connectivity index (χ3n) is 7.46. The molecule has 0 spiro atoms. The number of hydrogen-bond donors (Lipinski definition) is 2. The van der Waals surface area contributed by atoms with Gasteiger partial charge in [0.25, 0.3) is 5.91 Å². The van der Waals surface area contributed by atoms with Gasteiger partial charge in [-0.25, -0.2) is 0 Å². The molecule has 5 nitrogen and oxygen atoms in total. The molecule has 2 saturated carbocycles. The largest absolute Gasteiger partial charge is 0.380 e. The Kier molecular flexibility index (Phi) is 7.07. The Hall–Kier alpha value is -1.01. The number of halogens is 2. The van der Waals surface area contributed by atoms with Gasteiger partial charge in [-0.05, 0) is 82.9 Å². The van der Waals surface area contributed by atoms with E-state index >= 15 is 0 Å². The number of aryl methyl sites for hydroxylation is 1. The first-order chi connectivity index (χ1) is 14.8. The second-order valence-corrected chi connectivity index (χ2v) is 10.6. The van der Waals surface area contributed by atoms with E-state index in [1.54, 1.807) is 0 Å². The van der Waals surface area contributed by atoms with Gasteiger partial charge < -0.3 is 15.3 Å². The van der Waals surface area contributed by atoms with Crippen molar-refractivity contribution >= 4 is 34.8 Å². The SMILES string of the molecule is Cc1ccc(N2CCN(CCC3CCC(NC(=O)C4(O)CC4)CC3)CC2C)c(Cl)c1Cl. The highest BCUT2D eigenvalue weighted by Crippen LogP contribution is 2.37. The number of benzene rings is 1. The summed E-state index contributed by atoms with van der Waals surface area (Å²) in [5.41, 5.74) is 1.00. The van der Waals surface area contributed by atoms with Crippen LogP contribution in [0.4, 0.5) is 5.69 Å². The van der Waals surface area contributed by atoms with Crippen molar-refractivity contribution in [3.63, 3.8) is 0 Å². The number of anilines is 1. The van der Waals surface area contributed by atoms with E-state index in [0.29, 0.717) is 28.9 Å². The first-order valence-corrected chi connectivity index (χ1v) is 12.5. The molecule has 3 aliphatic rings. The summed E-state index contributed by atoms with van der Waals surface area (Å²) >= 11 is 12.9. The lowest BCUT2D eigenvalue weighted by atomic mass is 9.84. The maximum absolute atomic E-state index is 12.0. The Morgan fingerprint density at radius 2 is 1.87 bits per heavy atom. The number of aliphatic hydroxyl groups is 1. The van der Waals surface area contributed by atoms with Gasteiger partial charge in [0, 0.05) is 31.7 Å². The van der Waals surface area contributed by atoms with Crippen LogP contribution in [0.25, 0.3) is 0 Å². The first kappa shape index (κ1) is 23.2. The smallest absolute Gasteiger partial charge is 0.252 e. The monoisotopic (exact) mass is 467 g/mol. The van der Waals surface area contributed by atoms with Crippen molar-refractivity contribution in [2.24, 2.45) is 5.92 Å². The molecule has 4 rings (SSSR count). The van der Waals surface area contributed by atoms with E-state index in [1.807, 2.05) is 13.0 Å². The molecular formula is C24H35Cl2N3O2. The number of rotatable bonds is 6. The summed E-state index contributed by atoms with van der Waals surface area (Å²) < 4.78 is 0. The van der Waals surface area contributed by atoms with Gasteiger partial charge in [0.15, 0.2) is 0 Å². The number of hydrogen-bond acceptors (Lipinski definition) is 4. The van der Waals surface area contributed by atoms with Crippen LogP contribution in [-0.2, 0) is 4.79 Å². The van der Waals surface area contributed by atoms with Gasteiger partial charge in [0.2, 0.25) is 0 Å². The lowest BCUT2D eigenvalue weighted by Gasteiger charge is -2.42. The summed E-state index contributed by atoms with van der Waals surface area (Å²) in [5.74, 6) is 0.577. The second-order valence-electron chi connectivity index (χ2n) is 9.88. The fourth-order valence-corrected chi connectivity index (χ4v) is 5.56. The average Bonchev–Trinajstić information content (AvgIpc) is 3.51. The summed E-state index contributed by atoms with van der Waals surface area (Å²) in [7, 11) is 0. The van der Waals surface area contributed by atoms with Crippen molar-refractivity contribution in [1.82, 2.24) is 10.2 Å². The van der Waals surface area contributed by atoms with E-state index in [9.17, 15) is 9.90 Å². The molecule has 0 radical (unpaired) electrons. The Morgan fingerprint density at radius 3 is 2.52 bits per heavy atom. The first-order valence-electron chi connectivity index (χ1n) is 11.7. The summed E-state index contributed by atoms with van der Waals surface area (Å²) in [5, 5.41) is 14.3. The fraction of sp³-hybridized carbons (Fsp3) is 0.708. The van der Waals surface area contributed by atoms with Crippen molar-refractivity contribution in [1.29, 1.82) is 0 Å². The van der Waals surface area contributed by atoms with Gasteiger partial charge in [-0.1, -0.05) is 29.3 Å². The van der Waals surface area contributed by atoms with E-state index in [1.165, 1.54) is 6.42 Å². The van der Waals surface area contributed by atoms with Crippen LogP contribution in [-0.4, -0.2) is 59.8 Å². The minimum Gasteiger partial charge on any atom is -0.380 e. The normalized spacial score (nSPS) is 28.4. The van der Waals surface area contributed by atoms with E-state index in [-0.39, 0.29) is 11.9 Å². The zero-order valence-electron chi connectivity index (χ0n) is 18.7. The highest BCUT2D eigenvalue weighted by atomic mass is 35.5. The molecule has 2 N–H and O–H groups in total. The number of carbonyl (C=O) groups is 1. The molecule has 1 saturated heterocycles. The van der Waals surface area contributed by atoms with Crippen LogP contribution in [0.5, 0.6) is 0 Å². The molecule has 2 aliphatic carbocycles. The Balaban J connectivity index is 1.20. The second kappa shape index (κ2) is 9.46. The molecular weight excluding hydrogens is 433 g/mol. The molecule has 0 bridgehead atoms. The van der Waals surface area contributed by atoms with Crippen molar-refractivity contribution in [3.05, 3.63) is 27.7 Å². The van der Waals surface area contributed by atoms with Gasteiger partial charge in [-0.2, -0.15) is 0 Å². The number of carbonyl (C=O) groups excluding carboxylic acids is 1. The minimum absolute atomic E-state index is 0.155. The average molecular weight is 468 g/mol. The number of nitrogens with one attached hydrogen (secondary N) is 1. The van der Waals surface area contributed by atoms with Crippen molar-refractivity contribution < 1.29 is 9.90 Å². The molecule has 31 heavy (non-hydrogen) atoms. The Morgan fingerprint density at radius 1 is 1.16 bits per heavy atom. The molecule has 1 unspecified atom stereocenters. The molecule has 1 amide bonds. The van der Waals surface area contributed by atoms with Gasteiger partial charge in [-0.3, -0.25) is 9.69 Å². The van der Waals surface area contributed by atoms with Crippen LogP contribution < -0.4 is 10.2 Å². The van der Waals surface area contributed by atoms with Crippen LogP contribution in [0.15, 0.2) is 12.1 Å². The number of nitrogens with zero attached hydrogens (tertiary/aromatic N) is 2. The summed E-state index contributed by atoms with van der Waals surface area (Å²) in [6.07, 6.45) is 6.83. The standard InChI is InChI=1S/C24H35Cl2N3O2/c1-16-3-8-20(22(26)21(16)25)29-14-13-28(15-17(29)2)12-9-18-4-6-19(7-5-18)27-23(30)24(31)10-11-24/h3,8,17-19,31H,4-7,9-15H2,1-2H3,(H,27,30). The van der Waals surface area contributed by atoms with E-state index in [2.05, 4.69) is 28.1 Å². The lowest BCUT2D eigenvalue weighted by molar-refractivity contribution is -0.132. The molecule has 1 aliphatic heterocycles. The molecule has 1 atom stereocenters.